The third-order valence-electron chi connectivity index (χ3n) is 4.69. The van der Waals surface area contributed by atoms with Crippen LogP contribution in [0.3, 0.4) is 0 Å². The van der Waals surface area contributed by atoms with E-state index >= 15 is 0 Å². The molecule has 0 fully saturated rings. The first-order valence-electron chi connectivity index (χ1n) is 9.21. The Kier molecular flexibility index (Phi) is 4.84. The van der Waals surface area contributed by atoms with Crippen LogP contribution in [0.25, 0.3) is 28.1 Å². The molecule has 0 bridgehead atoms. The number of hydrogen-bond acceptors (Lipinski definition) is 6. The molecule has 9 heteroatoms. The zero-order valence-electron chi connectivity index (χ0n) is 16.2. The van der Waals surface area contributed by atoms with Crippen molar-refractivity contribution in [3.8, 4) is 17.1 Å². The van der Waals surface area contributed by atoms with Crippen LogP contribution in [0.5, 0.6) is 0 Å². The van der Waals surface area contributed by atoms with Crippen LogP contribution < -0.4 is 0 Å². The molecular formula is C21H16BrN7S. The van der Waals surface area contributed by atoms with Crippen molar-refractivity contribution in [1.29, 1.82) is 0 Å². The summed E-state index contributed by atoms with van der Waals surface area (Å²) in [5.74, 6) is 0.775. The number of halogens is 1. The molecule has 7 nitrogen and oxygen atoms in total. The van der Waals surface area contributed by atoms with E-state index in [1.54, 1.807) is 11.0 Å². The predicted octanol–water partition coefficient (Wildman–Crippen LogP) is 4.83. The lowest BCUT2D eigenvalue weighted by molar-refractivity contribution is 0.777. The molecule has 0 amide bonds. The predicted molar refractivity (Wildman–Crippen MR) is 120 cm³/mol. The van der Waals surface area contributed by atoms with Gasteiger partial charge in [0, 0.05) is 18.3 Å². The standard InChI is InChI=1S/C21H16BrN7S/c1-13-8-10-15(11-9-13)29-18(14-6-4-3-5-7-14)25-26-21(29)30-20-16-17(22)27-28(2)19(16)23-12-24-20/h3-12H,1-2H3. The lowest BCUT2D eigenvalue weighted by atomic mass is 10.2. The first-order chi connectivity index (χ1) is 14.6. The van der Waals surface area contributed by atoms with Crippen molar-refractivity contribution in [2.24, 2.45) is 7.05 Å². The average Bonchev–Trinajstić information content (AvgIpc) is 3.30. The molecule has 0 spiro atoms. The van der Waals surface area contributed by atoms with Gasteiger partial charge >= 0.3 is 0 Å². The molecule has 0 aliphatic carbocycles. The highest BCUT2D eigenvalue weighted by Gasteiger charge is 2.20. The molecule has 0 radical (unpaired) electrons. The number of benzene rings is 2. The van der Waals surface area contributed by atoms with Crippen LogP contribution in [-0.2, 0) is 7.05 Å². The van der Waals surface area contributed by atoms with E-state index in [-0.39, 0.29) is 0 Å². The summed E-state index contributed by atoms with van der Waals surface area (Å²) in [7, 11) is 1.86. The van der Waals surface area contributed by atoms with Crippen molar-refractivity contribution < 1.29 is 0 Å². The fourth-order valence-corrected chi connectivity index (χ4v) is 4.88. The first-order valence-corrected chi connectivity index (χ1v) is 10.8. The highest BCUT2D eigenvalue weighted by molar-refractivity contribution is 9.10. The molecule has 148 valence electrons. The number of rotatable bonds is 4. The summed E-state index contributed by atoms with van der Waals surface area (Å²) >= 11 is 4.97. The van der Waals surface area contributed by atoms with Gasteiger partial charge in [0.05, 0.1) is 5.39 Å². The Morgan fingerprint density at radius 1 is 0.933 bits per heavy atom. The van der Waals surface area contributed by atoms with Gasteiger partial charge in [0.15, 0.2) is 11.5 Å². The van der Waals surface area contributed by atoms with Gasteiger partial charge in [0.2, 0.25) is 5.16 Å². The summed E-state index contributed by atoms with van der Waals surface area (Å²) in [6.45, 7) is 2.07. The quantitative estimate of drug-likeness (QED) is 0.345. The average molecular weight is 478 g/mol. The summed E-state index contributed by atoms with van der Waals surface area (Å²) in [5, 5.41) is 15.8. The van der Waals surface area contributed by atoms with Crippen LogP contribution in [0.15, 0.2) is 75.7 Å². The van der Waals surface area contributed by atoms with Crippen molar-refractivity contribution in [3.63, 3.8) is 0 Å². The Balaban J connectivity index is 1.68. The van der Waals surface area contributed by atoms with Crippen LogP contribution in [0, 0.1) is 6.92 Å². The third kappa shape index (κ3) is 3.29. The first kappa shape index (κ1) is 19.0. The largest absolute Gasteiger partial charge is 0.270 e. The number of nitrogens with zero attached hydrogens (tertiary/aromatic N) is 7. The molecular weight excluding hydrogens is 462 g/mol. The minimum Gasteiger partial charge on any atom is -0.270 e. The Morgan fingerprint density at radius 2 is 1.70 bits per heavy atom. The molecule has 5 aromatic rings. The fraction of sp³-hybridized carbons (Fsp3) is 0.0952. The Morgan fingerprint density at radius 3 is 2.47 bits per heavy atom. The second-order valence-corrected chi connectivity index (χ2v) is 8.44. The molecule has 0 atom stereocenters. The Labute approximate surface area is 185 Å². The molecule has 30 heavy (non-hydrogen) atoms. The Hall–Kier alpha value is -3.04. The summed E-state index contributed by atoms with van der Waals surface area (Å²) in [5.41, 5.74) is 3.93. The molecule has 3 heterocycles. The molecule has 5 rings (SSSR count). The van der Waals surface area contributed by atoms with Crippen LogP contribution >= 0.6 is 27.7 Å². The van der Waals surface area contributed by atoms with Gasteiger partial charge in [-0.1, -0.05) is 48.0 Å². The van der Waals surface area contributed by atoms with Crippen LogP contribution in [0.2, 0.25) is 0 Å². The third-order valence-corrected chi connectivity index (χ3v) is 6.19. The van der Waals surface area contributed by atoms with E-state index in [1.807, 2.05) is 37.4 Å². The van der Waals surface area contributed by atoms with Gasteiger partial charge in [-0.3, -0.25) is 4.57 Å². The molecule has 0 saturated carbocycles. The van der Waals surface area contributed by atoms with E-state index in [1.165, 1.54) is 17.3 Å². The molecule has 0 N–H and O–H groups in total. The number of aryl methyl sites for hydroxylation is 2. The number of hydrogen-bond donors (Lipinski definition) is 0. The van der Waals surface area contributed by atoms with Gasteiger partial charge in [-0.05, 0) is 46.7 Å². The molecule has 3 aromatic heterocycles. The molecule has 2 aromatic carbocycles. The normalized spacial score (nSPS) is 11.3. The molecule has 0 unspecified atom stereocenters. The molecule has 0 saturated heterocycles. The van der Waals surface area contributed by atoms with E-state index in [2.05, 4.69) is 77.0 Å². The van der Waals surface area contributed by atoms with E-state index in [9.17, 15) is 0 Å². The van der Waals surface area contributed by atoms with Gasteiger partial charge in [-0.15, -0.1) is 10.2 Å². The van der Waals surface area contributed by atoms with Gasteiger partial charge < -0.3 is 0 Å². The summed E-state index contributed by atoms with van der Waals surface area (Å²) < 4.78 is 4.48. The minimum absolute atomic E-state index is 0.702. The highest BCUT2D eigenvalue weighted by atomic mass is 79.9. The SMILES string of the molecule is Cc1ccc(-n2c(Sc3ncnc4c3c(Br)nn4C)nnc2-c2ccccc2)cc1. The lowest BCUT2D eigenvalue weighted by Crippen LogP contribution is -2.00. The lowest BCUT2D eigenvalue weighted by Gasteiger charge is -2.11. The van der Waals surface area contributed by atoms with E-state index in [4.69, 9.17) is 0 Å². The van der Waals surface area contributed by atoms with Crippen LogP contribution in [0.1, 0.15) is 5.56 Å². The van der Waals surface area contributed by atoms with Crippen molar-refractivity contribution in [2.75, 3.05) is 0 Å². The topological polar surface area (TPSA) is 74.3 Å². The van der Waals surface area contributed by atoms with E-state index in [0.29, 0.717) is 9.76 Å². The highest BCUT2D eigenvalue weighted by Crippen LogP contribution is 2.36. The number of fused-ring (bicyclic) bond motifs is 1. The summed E-state index contributed by atoms with van der Waals surface area (Å²) in [6, 6.07) is 18.4. The zero-order valence-corrected chi connectivity index (χ0v) is 18.6. The molecule has 0 aliphatic rings. The van der Waals surface area contributed by atoms with Crippen LogP contribution in [0.4, 0.5) is 0 Å². The van der Waals surface area contributed by atoms with Crippen molar-refractivity contribution >= 4 is 38.7 Å². The fourth-order valence-electron chi connectivity index (χ4n) is 3.22. The van der Waals surface area contributed by atoms with E-state index in [0.717, 1.165) is 33.1 Å². The smallest absolute Gasteiger partial charge is 0.202 e. The van der Waals surface area contributed by atoms with Gasteiger partial charge in [0.1, 0.15) is 16.0 Å². The minimum atomic E-state index is 0.702. The van der Waals surface area contributed by atoms with Crippen molar-refractivity contribution in [3.05, 3.63) is 71.1 Å². The monoisotopic (exact) mass is 477 g/mol. The van der Waals surface area contributed by atoms with Crippen LogP contribution in [-0.4, -0.2) is 34.5 Å². The maximum Gasteiger partial charge on any atom is 0.202 e. The van der Waals surface area contributed by atoms with Crippen molar-refractivity contribution in [1.82, 2.24) is 34.5 Å². The second kappa shape index (κ2) is 7.66. The van der Waals surface area contributed by atoms with Crippen molar-refractivity contribution in [2.45, 2.75) is 17.1 Å². The number of aromatic nitrogens is 7. The Bertz CT molecular complexity index is 1340. The summed E-state index contributed by atoms with van der Waals surface area (Å²) in [6.07, 6.45) is 1.55. The van der Waals surface area contributed by atoms with Gasteiger partial charge in [0.25, 0.3) is 0 Å². The molecule has 0 aliphatic heterocycles. The maximum absolute atomic E-state index is 4.51. The summed E-state index contributed by atoms with van der Waals surface area (Å²) in [4.78, 5) is 8.84. The van der Waals surface area contributed by atoms with Gasteiger partial charge in [-0.2, -0.15) is 5.10 Å². The second-order valence-electron chi connectivity index (χ2n) is 6.74. The van der Waals surface area contributed by atoms with E-state index < -0.39 is 0 Å². The van der Waals surface area contributed by atoms with Gasteiger partial charge in [-0.25, -0.2) is 14.6 Å². The zero-order chi connectivity index (χ0) is 20.7. The maximum atomic E-state index is 4.51.